The highest BCUT2D eigenvalue weighted by Gasteiger charge is 2.12. The Kier molecular flexibility index (Phi) is 2.61. The van der Waals surface area contributed by atoms with E-state index in [2.05, 4.69) is 37.7 Å². The minimum atomic E-state index is -0.00802. The number of nitrogens with one attached hydrogen (secondary N) is 1. The Labute approximate surface area is 82.1 Å². The van der Waals surface area contributed by atoms with E-state index >= 15 is 0 Å². The smallest absolute Gasteiger partial charge is 0.183 e. The molecule has 1 heterocycles. The molecule has 0 saturated heterocycles. The predicted molar refractivity (Wildman–Crippen MR) is 57.2 cm³/mol. The van der Waals surface area contributed by atoms with E-state index in [0.717, 1.165) is 5.13 Å². The fourth-order valence-corrected chi connectivity index (χ4v) is 1.71. The summed E-state index contributed by atoms with van der Waals surface area (Å²) in [6.07, 6.45) is 0. The van der Waals surface area contributed by atoms with Crippen LogP contribution in [-0.2, 0) is 0 Å². The van der Waals surface area contributed by atoms with Crippen molar-refractivity contribution >= 4 is 22.2 Å². The Morgan fingerprint density at radius 3 is 2.62 bits per heavy atom. The summed E-state index contributed by atoms with van der Waals surface area (Å²) >= 11 is 1.46. The monoisotopic (exact) mass is 198 g/mol. The Balaban J connectivity index is 2.75. The number of rotatable bonds is 2. The number of hydrogen-bond acceptors (Lipinski definition) is 4. The molecule has 0 aromatic carbocycles. The lowest BCUT2D eigenvalue weighted by Gasteiger charge is -2.19. The van der Waals surface area contributed by atoms with E-state index in [4.69, 9.17) is 5.11 Å². The summed E-state index contributed by atoms with van der Waals surface area (Å²) < 4.78 is 0. The van der Waals surface area contributed by atoms with Gasteiger partial charge in [0.05, 0.1) is 0 Å². The average molecular weight is 198 g/mol. The molecule has 0 aliphatic rings. The van der Waals surface area contributed by atoms with Gasteiger partial charge in [-0.1, -0.05) is 6.58 Å². The van der Waals surface area contributed by atoms with Crippen molar-refractivity contribution in [1.82, 2.24) is 4.98 Å². The van der Waals surface area contributed by atoms with Crippen LogP contribution in [0.1, 0.15) is 26.5 Å². The molecule has 0 amide bonds. The summed E-state index contributed by atoms with van der Waals surface area (Å²) in [7, 11) is 0. The highest BCUT2D eigenvalue weighted by atomic mass is 32.1. The van der Waals surface area contributed by atoms with Gasteiger partial charge < -0.3 is 10.4 Å². The second kappa shape index (κ2) is 3.38. The molecule has 0 bridgehead atoms. The highest BCUT2D eigenvalue weighted by molar-refractivity contribution is 7.13. The molecule has 1 aromatic rings. The SMILES string of the molecule is C=C(O)c1csc(NC(C)(C)C)n1. The normalized spacial score (nSPS) is 11.3. The van der Waals surface area contributed by atoms with Gasteiger partial charge >= 0.3 is 0 Å². The number of nitrogens with zero attached hydrogens (tertiary/aromatic N) is 1. The van der Waals surface area contributed by atoms with E-state index in [0.29, 0.717) is 5.69 Å². The van der Waals surface area contributed by atoms with Crippen LogP contribution in [0.25, 0.3) is 5.76 Å². The van der Waals surface area contributed by atoms with Crippen molar-refractivity contribution in [3.05, 3.63) is 17.7 Å². The van der Waals surface area contributed by atoms with Crippen molar-refractivity contribution in [2.75, 3.05) is 5.32 Å². The van der Waals surface area contributed by atoms with Crippen molar-refractivity contribution in [3.63, 3.8) is 0 Å². The van der Waals surface area contributed by atoms with Gasteiger partial charge in [0, 0.05) is 10.9 Å². The van der Waals surface area contributed by atoms with Crippen LogP contribution < -0.4 is 5.32 Å². The molecule has 0 aliphatic carbocycles. The van der Waals surface area contributed by atoms with Crippen molar-refractivity contribution in [2.24, 2.45) is 0 Å². The summed E-state index contributed by atoms with van der Waals surface area (Å²) in [5.41, 5.74) is 0.531. The Morgan fingerprint density at radius 1 is 1.62 bits per heavy atom. The third kappa shape index (κ3) is 3.06. The molecule has 0 fully saturated rings. The van der Waals surface area contributed by atoms with Gasteiger partial charge in [-0.2, -0.15) is 0 Å². The molecule has 1 aromatic heterocycles. The predicted octanol–water partition coefficient (Wildman–Crippen LogP) is 2.88. The van der Waals surface area contributed by atoms with E-state index in [1.165, 1.54) is 11.3 Å². The molecule has 0 unspecified atom stereocenters. The average Bonchev–Trinajstić information content (AvgIpc) is 2.31. The highest BCUT2D eigenvalue weighted by Crippen LogP contribution is 2.21. The van der Waals surface area contributed by atoms with Crippen molar-refractivity contribution < 1.29 is 5.11 Å². The van der Waals surface area contributed by atoms with E-state index in [1.807, 2.05) is 0 Å². The van der Waals surface area contributed by atoms with E-state index in [9.17, 15) is 0 Å². The van der Waals surface area contributed by atoms with Crippen molar-refractivity contribution in [2.45, 2.75) is 26.3 Å². The molecular formula is C9H14N2OS. The first-order valence-corrected chi connectivity index (χ1v) is 4.88. The maximum Gasteiger partial charge on any atom is 0.183 e. The number of aromatic nitrogens is 1. The Bertz CT molecular complexity index is 312. The second-order valence-corrected chi connectivity index (χ2v) is 4.72. The van der Waals surface area contributed by atoms with Gasteiger partial charge in [-0.15, -0.1) is 11.3 Å². The maximum atomic E-state index is 9.06. The van der Waals surface area contributed by atoms with Gasteiger partial charge in [-0.3, -0.25) is 0 Å². The molecular weight excluding hydrogens is 184 g/mol. The van der Waals surface area contributed by atoms with Crippen LogP contribution in [-0.4, -0.2) is 15.6 Å². The first-order valence-electron chi connectivity index (χ1n) is 4.00. The molecule has 0 spiro atoms. The van der Waals surface area contributed by atoms with Crippen LogP contribution in [0.15, 0.2) is 12.0 Å². The molecule has 4 heteroatoms. The lowest BCUT2D eigenvalue weighted by Crippen LogP contribution is -2.25. The molecule has 0 saturated carbocycles. The maximum absolute atomic E-state index is 9.06. The molecule has 1 rings (SSSR count). The molecule has 0 aliphatic heterocycles. The molecule has 13 heavy (non-hydrogen) atoms. The number of aliphatic hydroxyl groups excluding tert-OH is 1. The van der Waals surface area contributed by atoms with Gasteiger partial charge in [0.1, 0.15) is 11.5 Å². The number of aliphatic hydroxyl groups is 1. The summed E-state index contributed by atoms with van der Waals surface area (Å²) in [6, 6.07) is 0. The number of anilines is 1. The third-order valence-corrected chi connectivity index (χ3v) is 2.04. The van der Waals surface area contributed by atoms with Crippen LogP contribution in [0.3, 0.4) is 0 Å². The molecule has 72 valence electrons. The third-order valence-electron chi connectivity index (χ3n) is 1.28. The first kappa shape index (κ1) is 10.1. The second-order valence-electron chi connectivity index (χ2n) is 3.86. The zero-order chi connectivity index (χ0) is 10.1. The molecule has 0 atom stereocenters. The molecule has 3 nitrogen and oxygen atoms in total. The molecule has 2 N–H and O–H groups in total. The van der Waals surface area contributed by atoms with Crippen LogP contribution in [0, 0.1) is 0 Å². The van der Waals surface area contributed by atoms with Crippen molar-refractivity contribution in [1.29, 1.82) is 0 Å². The van der Waals surface area contributed by atoms with Crippen LogP contribution in [0.2, 0.25) is 0 Å². The van der Waals surface area contributed by atoms with Crippen LogP contribution in [0.5, 0.6) is 0 Å². The summed E-state index contributed by atoms with van der Waals surface area (Å²) in [5, 5.41) is 14.8. The minimum absolute atomic E-state index is 0.00802. The van der Waals surface area contributed by atoms with Gasteiger partial charge in [-0.05, 0) is 20.8 Å². The fraction of sp³-hybridized carbons (Fsp3) is 0.444. The van der Waals surface area contributed by atoms with Gasteiger partial charge in [0.2, 0.25) is 0 Å². The first-order chi connectivity index (χ1) is 5.88. The van der Waals surface area contributed by atoms with Crippen molar-refractivity contribution in [3.8, 4) is 0 Å². The van der Waals surface area contributed by atoms with Gasteiger partial charge in [0.15, 0.2) is 5.13 Å². The van der Waals surface area contributed by atoms with Gasteiger partial charge in [-0.25, -0.2) is 4.98 Å². The fourth-order valence-electron chi connectivity index (χ4n) is 0.784. The largest absolute Gasteiger partial charge is 0.506 e. The topological polar surface area (TPSA) is 45.1 Å². The summed E-state index contributed by atoms with van der Waals surface area (Å²) in [5.74, 6) is 0.0122. The zero-order valence-electron chi connectivity index (χ0n) is 8.09. The standard InChI is InChI=1S/C9H14N2OS/c1-6(12)7-5-13-8(10-7)11-9(2,3)4/h5,12H,1H2,2-4H3,(H,10,11). The van der Waals surface area contributed by atoms with Crippen LogP contribution in [0.4, 0.5) is 5.13 Å². The molecule has 0 radical (unpaired) electrons. The Hall–Kier alpha value is -1.03. The zero-order valence-corrected chi connectivity index (χ0v) is 8.90. The number of thiazole rings is 1. The van der Waals surface area contributed by atoms with E-state index < -0.39 is 0 Å². The number of hydrogen-bond donors (Lipinski definition) is 2. The lowest BCUT2D eigenvalue weighted by molar-refractivity contribution is 0.511. The summed E-state index contributed by atoms with van der Waals surface area (Å²) in [4.78, 5) is 4.15. The quantitative estimate of drug-likeness (QED) is 0.718. The minimum Gasteiger partial charge on any atom is -0.506 e. The van der Waals surface area contributed by atoms with E-state index in [1.54, 1.807) is 5.38 Å². The van der Waals surface area contributed by atoms with Gasteiger partial charge in [0.25, 0.3) is 0 Å². The van der Waals surface area contributed by atoms with Crippen LogP contribution >= 0.6 is 11.3 Å². The van der Waals surface area contributed by atoms with E-state index in [-0.39, 0.29) is 11.3 Å². The summed E-state index contributed by atoms with van der Waals surface area (Å²) in [6.45, 7) is 9.58. The Morgan fingerprint density at radius 2 is 2.23 bits per heavy atom. The lowest BCUT2D eigenvalue weighted by atomic mass is 10.1.